The molecule has 2 aromatic carbocycles. The molecule has 0 unspecified atom stereocenters. The molecule has 3 rings (SSSR count). The first-order valence-electron chi connectivity index (χ1n) is 8.58. The summed E-state index contributed by atoms with van der Waals surface area (Å²) in [5.41, 5.74) is 10.7. The van der Waals surface area contributed by atoms with Gasteiger partial charge < -0.3 is 16.0 Å². The molecule has 0 aliphatic heterocycles. The van der Waals surface area contributed by atoms with Crippen molar-refractivity contribution in [3.8, 4) is 0 Å². The van der Waals surface area contributed by atoms with Crippen molar-refractivity contribution in [2.75, 3.05) is 18.9 Å². The van der Waals surface area contributed by atoms with Crippen LogP contribution < -0.4 is 11.1 Å². The van der Waals surface area contributed by atoms with Crippen LogP contribution in [0.25, 0.3) is 0 Å². The van der Waals surface area contributed by atoms with Crippen LogP contribution in [-0.2, 0) is 24.2 Å². The van der Waals surface area contributed by atoms with Crippen LogP contribution in [0.2, 0.25) is 0 Å². The molecule has 5 nitrogen and oxygen atoms in total. The second-order valence-electron chi connectivity index (χ2n) is 6.40. The molecule has 1 aliphatic carbocycles. The van der Waals surface area contributed by atoms with Gasteiger partial charge in [-0.2, -0.15) is 0 Å². The van der Waals surface area contributed by atoms with Crippen molar-refractivity contribution in [2.24, 2.45) is 10.7 Å². The standard InChI is InChI=1S/C20H24N4O.HI/c1-24(14-15-6-3-2-4-7-15)19(25)13-22-20(21)23-18-11-10-16-8-5-9-17(16)12-18;/h2-4,6-7,10-12H,5,8-9,13-14H2,1H3,(H3,21,22,23);1H. The molecule has 6 heteroatoms. The van der Waals surface area contributed by atoms with Gasteiger partial charge in [0, 0.05) is 19.3 Å². The van der Waals surface area contributed by atoms with E-state index in [9.17, 15) is 4.79 Å². The summed E-state index contributed by atoms with van der Waals surface area (Å²) in [4.78, 5) is 18.0. The molecule has 2 aromatic rings. The minimum atomic E-state index is -0.0671. The van der Waals surface area contributed by atoms with Crippen LogP contribution in [0, 0.1) is 0 Å². The normalized spacial score (nSPS) is 12.9. The van der Waals surface area contributed by atoms with E-state index < -0.39 is 0 Å². The maximum absolute atomic E-state index is 12.2. The fraction of sp³-hybridized carbons (Fsp3) is 0.300. The van der Waals surface area contributed by atoms with Gasteiger partial charge in [-0.15, -0.1) is 24.0 Å². The van der Waals surface area contributed by atoms with Crippen molar-refractivity contribution in [2.45, 2.75) is 25.8 Å². The third-order valence-corrected chi connectivity index (χ3v) is 4.44. The number of amides is 1. The second-order valence-corrected chi connectivity index (χ2v) is 6.40. The summed E-state index contributed by atoms with van der Waals surface area (Å²) in [5, 5.41) is 3.07. The number of aliphatic imine (C=N–C) groups is 1. The topological polar surface area (TPSA) is 70.7 Å². The number of halogens is 1. The number of hydrogen-bond acceptors (Lipinski definition) is 2. The third kappa shape index (κ3) is 5.45. The van der Waals surface area contributed by atoms with E-state index in [1.807, 2.05) is 36.4 Å². The molecule has 1 amide bonds. The number of carbonyl (C=O) groups is 1. The zero-order valence-electron chi connectivity index (χ0n) is 14.9. The van der Waals surface area contributed by atoms with E-state index in [0.29, 0.717) is 6.54 Å². The van der Waals surface area contributed by atoms with Gasteiger partial charge in [-0.05, 0) is 48.1 Å². The summed E-state index contributed by atoms with van der Waals surface area (Å²) in [6.07, 6.45) is 3.48. The molecule has 138 valence electrons. The Bertz CT molecular complexity index is 777. The van der Waals surface area contributed by atoms with Gasteiger partial charge in [0.2, 0.25) is 5.91 Å². The van der Waals surface area contributed by atoms with Gasteiger partial charge in [0.25, 0.3) is 0 Å². The Morgan fingerprint density at radius 1 is 1.15 bits per heavy atom. The van der Waals surface area contributed by atoms with Gasteiger partial charge in [-0.3, -0.25) is 4.79 Å². The largest absolute Gasteiger partial charge is 0.370 e. The predicted molar refractivity (Wildman–Crippen MR) is 117 cm³/mol. The Kier molecular flexibility index (Phi) is 7.44. The van der Waals surface area contributed by atoms with Crippen molar-refractivity contribution < 1.29 is 4.79 Å². The highest BCUT2D eigenvalue weighted by Gasteiger charge is 2.11. The molecular formula is C20H25IN4O. The van der Waals surface area contributed by atoms with Crippen LogP contribution in [0.4, 0.5) is 5.69 Å². The molecule has 0 radical (unpaired) electrons. The number of aryl methyl sites for hydroxylation is 2. The lowest BCUT2D eigenvalue weighted by molar-refractivity contribution is -0.128. The minimum Gasteiger partial charge on any atom is -0.370 e. The monoisotopic (exact) mass is 464 g/mol. The number of nitrogens with two attached hydrogens (primary N) is 1. The zero-order valence-corrected chi connectivity index (χ0v) is 17.3. The Hall–Kier alpha value is -2.09. The number of likely N-dealkylation sites (N-methyl/N-ethyl adjacent to an activating group) is 1. The lowest BCUT2D eigenvalue weighted by Crippen LogP contribution is -2.30. The molecule has 0 bridgehead atoms. The van der Waals surface area contributed by atoms with Gasteiger partial charge in [-0.1, -0.05) is 36.4 Å². The zero-order chi connectivity index (χ0) is 17.6. The summed E-state index contributed by atoms with van der Waals surface area (Å²) < 4.78 is 0. The smallest absolute Gasteiger partial charge is 0.244 e. The SMILES string of the molecule is CN(Cc1ccccc1)C(=O)CN=C(N)Nc1ccc2c(c1)CCC2.I. The molecule has 26 heavy (non-hydrogen) atoms. The van der Waals surface area contributed by atoms with Crippen LogP contribution in [0.15, 0.2) is 53.5 Å². The maximum atomic E-state index is 12.2. The van der Waals surface area contributed by atoms with E-state index in [1.54, 1.807) is 11.9 Å². The molecule has 0 aromatic heterocycles. The number of guanidine groups is 1. The van der Waals surface area contributed by atoms with E-state index in [0.717, 1.165) is 24.1 Å². The van der Waals surface area contributed by atoms with Crippen molar-refractivity contribution in [3.63, 3.8) is 0 Å². The fourth-order valence-electron chi connectivity index (χ4n) is 3.06. The van der Waals surface area contributed by atoms with Crippen molar-refractivity contribution in [1.82, 2.24) is 4.90 Å². The van der Waals surface area contributed by atoms with E-state index in [4.69, 9.17) is 5.73 Å². The Morgan fingerprint density at radius 3 is 2.65 bits per heavy atom. The lowest BCUT2D eigenvalue weighted by atomic mass is 10.1. The quantitative estimate of drug-likeness (QED) is 0.406. The number of anilines is 1. The Morgan fingerprint density at radius 2 is 1.88 bits per heavy atom. The number of fused-ring (bicyclic) bond motifs is 1. The van der Waals surface area contributed by atoms with E-state index in [1.165, 1.54) is 17.5 Å². The number of rotatable bonds is 5. The predicted octanol–water partition coefficient (Wildman–Crippen LogP) is 3.18. The lowest BCUT2D eigenvalue weighted by Gasteiger charge is -2.16. The number of nitrogens with one attached hydrogen (secondary N) is 1. The third-order valence-electron chi connectivity index (χ3n) is 4.44. The first-order valence-corrected chi connectivity index (χ1v) is 8.58. The summed E-state index contributed by atoms with van der Waals surface area (Å²) >= 11 is 0. The highest BCUT2D eigenvalue weighted by atomic mass is 127. The van der Waals surface area contributed by atoms with Crippen LogP contribution in [0.1, 0.15) is 23.1 Å². The highest BCUT2D eigenvalue weighted by Crippen LogP contribution is 2.24. The van der Waals surface area contributed by atoms with Crippen molar-refractivity contribution in [1.29, 1.82) is 0 Å². The molecule has 0 saturated carbocycles. The van der Waals surface area contributed by atoms with Crippen LogP contribution in [0.5, 0.6) is 0 Å². The summed E-state index contributed by atoms with van der Waals surface area (Å²) in [6, 6.07) is 16.1. The fourth-order valence-corrected chi connectivity index (χ4v) is 3.06. The molecule has 0 fully saturated rings. The van der Waals surface area contributed by atoms with Gasteiger partial charge in [0.15, 0.2) is 5.96 Å². The number of hydrogen-bond donors (Lipinski definition) is 2. The number of carbonyl (C=O) groups excluding carboxylic acids is 1. The number of nitrogens with zero attached hydrogens (tertiary/aromatic N) is 2. The van der Waals surface area contributed by atoms with Gasteiger partial charge in [-0.25, -0.2) is 4.99 Å². The molecule has 0 heterocycles. The summed E-state index contributed by atoms with van der Waals surface area (Å²) in [6.45, 7) is 0.598. The van der Waals surface area contributed by atoms with Crippen LogP contribution >= 0.6 is 24.0 Å². The number of benzene rings is 2. The first-order chi connectivity index (χ1) is 12.1. The highest BCUT2D eigenvalue weighted by molar-refractivity contribution is 14.0. The molecular weight excluding hydrogens is 439 g/mol. The Labute approximate surface area is 171 Å². The average Bonchev–Trinajstić information content (AvgIpc) is 3.08. The van der Waals surface area contributed by atoms with E-state index >= 15 is 0 Å². The van der Waals surface area contributed by atoms with Gasteiger partial charge in [0.05, 0.1) is 0 Å². The molecule has 1 aliphatic rings. The summed E-state index contributed by atoms with van der Waals surface area (Å²) in [5.74, 6) is 0.196. The molecule has 0 spiro atoms. The van der Waals surface area contributed by atoms with Crippen molar-refractivity contribution >= 4 is 41.5 Å². The minimum absolute atomic E-state index is 0. The second kappa shape index (κ2) is 9.56. The van der Waals surface area contributed by atoms with Gasteiger partial charge in [0.1, 0.15) is 6.54 Å². The molecule has 0 saturated heterocycles. The maximum Gasteiger partial charge on any atom is 0.244 e. The van der Waals surface area contributed by atoms with Gasteiger partial charge >= 0.3 is 0 Å². The average molecular weight is 464 g/mol. The Balaban J connectivity index is 0.00000243. The molecule has 3 N–H and O–H groups in total. The van der Waals surface area contributed by atoms with Crippen molar-refractivity contribution in [3.05, 3.63) is 65.2 Å². The van der Waals surface area contributed by atoms with E-state index in [-0.39, 0.29) is 42.4 Å². The molecule has 0 atom stereocenters. The summed E-state index contributed by atoms with van der Waals surface area (Å²) in [7, 11) is 1.77. The van der Waals surface area contributed by atoms with Crippen LogP contribution in [0.3, 0.4) is 0 Å². The van der Waals surface area contributed by atoms with Crippen LogP contribution in [-0.4, -0.2) is 30.4 Å². The van der Waals surface area contributed by atoms with E-state index in [2.05, 4.69) is 22.4 Å². The first kappa shape index (κ1) is 20.2.